The van der Waals surface area contributed by atoms with Crippen LogP contribution in [0.1, 0.15) is 24.9 Å². The summed E-state index contributed by atoms with van der Waals surface area (Å²) in [6.07, 6.45) is -0.0707. The Labute approximate surface area is 98.5 Å². The van der Waals surface area contributed by atoms with E-state index in [1.54, 1.807) is 25.1 Å². The molecule has 0 heterocycles. The first kappa shape index (κ1) is 13.1. The van der Waals surface area contributed by atoms with Crippen molar-refractivity contribution in [3.63, 3.8) is 0 Å². The summed E-state index contributed by atoms with van der Waals surface area (Å²) < 4.78 is 4.75. The SMILES string of the molecule is CCOC(=O)C[C@@H](N)c1ccccc1[N+](=O)[O-]. The van der Waals surface area contributed by atoms with Crippen molar-refractivity contribution >= 4 is 11.7 Å². The van der Waals surface area contributed by atoms with E-state index in [-0.39, 0.29) is 18.7 Å². The second-order valence-corrected chi connectivity index (χ2v) is 3.43. The van der Waals surface area contributed by atoms with Gasteiger partial charge in [0.1, 0.15) is 0 Å². The Kier molecular flexibility index (Phi) is 4.59. The monoisotopic (exact) mass is 238 g/mol. The first-order valence-electron chi connectivity index (χ1n) is 5.20. The van der Waals surface area contributed by atoms with E-state index >= 15 is 0 Å². The number of esters is 1. The van der Waals surface area contributed by atoms with Crippen molar-refractivity contribution in [1.29, 1.82) is 0 Å². The van der Waals surface area contributed by atoms with E-state index in [2.05, 4.69) is 0 Å². The maximum atomic E-state index is 11.2. The average Bonchev–Trinajstić information content (AvgIpc) is 2.29. The molecule has 0 bridgehead atoms. The highest BCUT2D eigenvalue weighted by Crippen LogP contribution is 2.25. The van der Waals surface area contributed by atoms with E-state index in [1.165, 1.54) is 6.07 Å². The Morgan fingerprint density at radius 1 is 1.53 bits per heavy atom. The summed E-state index contributed by atoms with van der Waals surface area (Å²) in [5, 5.41) is 10.8. The number of carbonyl (C=O) groups is 1. The van der Waals surface area contributed by atoms with Gasteiger partial charge in [-0.15, -0.1) is 0 Å². The maximum absolute atomic E-state index is 11.2. The smallest absolute Gasteiger partial charge is 0.307 e. The van der Waals surface area contributed by atoms with Gasteiger partial charge in [-0.3, -0.25) is 14.9 Å². The van der Waals surface area contributed by atoms with Crippen molar-refractivity contribution in [3.05, 3.63) is 39.9 Å². The van der Waals surface area contributed by atoms with Crippen molar-refractivity contribution in [2.75, 3.05) is 6.61 Å². The Hall–Kier alpha value is -1.95. The summed E-state index contributed by atoms with van der Waals surface area (Å²) in [5.41, 5.74) is 6.02. The summed E-state index contributed by atoms with van der Waals surface area (Å²) in [7, 11) is 0. The zero-order chi connectivity index (χ0) is 12.8. The standard InChI is InChI=1S/C11H14N2O4/c1-2-17-11(14)7-9(12)8-5-3-4-6-10(8)13(15)16/h3-6,9H,2,7,12H2,1H3/t9-/m1/s1. The number of nitro groups is 1. The number of nitrogens with zero attached hydrogens (tertiary/aromatic N) is 1. The van der Waals surface area contributed by atoms with E-state index in [9.17, 15) is 14.9 Å². The van der Waals surface area contributed by atoms with Crippen LogP contribution in [0, 0.1) is 10.1 Å². The topological polar surface area (TPSA) is 95.5 Å². The second kappa shape index (κ2) is 5.95. The van der Waals surface area contributed by atoms with Crippen LogP contribution >= 0.6 is 0 Å². The summed E-state index contributed by atoms with van der Waals surface area (Å²) in [5.74, 6) is -0.460. The van der Waals surface area contributed by atoms with Crippen LogP contribution in [-0.2, 0) is 9.53 Å². The number of carbonyl (C=O) groups excluding carboxylic acids is 1. The third-order valence-electron chi connectivity index (χ3n) is 2.22. The molecule has 0 saturated heterocycles. The molecule has 0 aliphatic rings. The van der Waals surface area contributed by atoms with Crippen LogP contribution in [0.5, 0.6) is 0 Å². The molecule has 0 radical (unpaired) electrons. The van der Waals surface area contributed by atoms with Crippen molar-refractivity contribution in [1.82, 2.24) is 0 Å². The molecule has 0 amide bonds. The Balaban J connectivity index is 2.85. The van der Waals surface area contributed by atoms with Gasteiger partial charge in [0.05, 0.1) is 18.0 Å². The number of nitrogens with two attached hydrogens (primary N) is 1. The fourth-order valence-corrected chi connectivity index (χ4v) is 1.48. The highest BCUT2D eigenvalue weighted by Gasteiger charge is 2.21. The zero-order valence-electron chi connectivity index (χ0n) is 9.46. The average molecular weight is 238 g/mol. The number of hydrogen-bond acceptors (Lipinski definition) is 5. The van der Waals surface area contributed by atoms with E-state index < -0.39 is 16.9 Å². The number of hydrogen-bond donors (Lipinski definition) is 1. The number of benzene rings is 1. The quantitative estimate of drug-likeness (QED) is 0.477. The van der Waals surface area contributed by atoms with Gasteiger partial charge in [-0.05, 0) is 6.92 Å². The minimum atomic E-state index is -0.726. The van der Waals surface area contributed by atoms with Gasteiger partial charge < -0.3 is 10.5 Å². The molecule has 92 valence electrons. The molecule has 0 fully saturated rings. The highest BCUT2D eigenvalue weighted by atomic mass is 16.6. The van der Waals surface area contributed by atoms with Crippen LogP contribution < -0.4 is 5.73 Å². The lowest BCUT2D eigenvalue weighted by Crippen LogP contribution is -2.18. The van der Waals surface area contributed by atoms with Crippen molar-refractivity contribution in [2.24, 2.45) is 5.73 Å². The number of para-hydroxylation sites is 1. The first-order valence-corrected chi connectivity index (χ1v) is 5.20. The molecule has 1 atom stereocenters. The number of ether oxygens (including phenoxy) is 1. The lowest BCUT2D eigenvalue weighted by atomic mass is 10.0. The van der Waals surface area contributed by atoms with Gasteiger partial charge in [-0.25, -0.2) is 0 Å². The predicted octanol–water partition coefficient (Wildman–Crippen LogP) is 1.55. The van der Waals surface area contributed by atoms with E-state index in [4.69, 9.17) is 10.5 Å². The molecular formula is C11H14N2O4. The first-order chi connectivity index (χ1) is 8.06. The minimum absolute atomic E-state index is 0.0707. The van der Waals surface area contributed by atoms with Crippen LogP contribution in [0.3, 0.4) is 0 Å². The molecule has 6 nitrogen and oxygen atoms in total. The van der Waals surface area contributed by atoms with Gasteiger partial charge in [0.15, 0.2) is 0 Å². The largest absolute Gasteiger partial charge is 0.466 e. The zero-order valence-corrected chi connectivity index (χ0v) is 9.46. The molecule has 6 heteroatoms. The van der Waals surface area contributed by atoms with Crippen LogP contribution in [0.25, 0.3) is 0 Å². The molecule has 2 N–H and O–H groups in total. The molecule has 1 aromatic rings. The second-order valence-electron chi connectivity index (χ2n) is 3.43. The molecular weight excluding hydrogens is 224 g/mol. The number of rotatable bonds is 5. The van der Waals surface area contributed by atoms with Crippen molar-refractivity contribution in [3.8, 4) is 0 Å². The normalized spacial score (nSPS) is 11.9. The Bertz CT molecular complexity index is 420. The molecule has 0 aromatic heterocycles. The van der Waals surface area contributed by atoms with Gasteiger partial charge in [-0.2, -0.15) is 0 Å². The molecule has 0 unspecified atom stereocenters. The maximum Gasteiger partial charge on any atom is 0.307 e. The fourth-order valence-electron chi connectivity index (χ4n) is 1.48. The van der Waals surface area contributed by atoms with Crippen LogP contribution in [0.15, 0.2) is 24.3 Å². The predicted molar refractivity (Wildman–Crippen MR) is 61.3 cm³/mol. The van der Waals surface area contributed by atoms with E-state index in [0.717, 1.165) is 0 Å². The molecule has 0 aliphatic heterocycles. The summed E-state index contributed by atoms with van der Waals surface area (Å²) in [6, 6.07) is 5.38. The molecule has 0 spiro atoms. The molecule has 1 aromatic carbocycles. The lowest BCUT2D eigenvalue weighted by Gasteiger charge is -2.11. The van der Waals surface area contributed by atoms with Crippen molar-refractivity contribution in [2.45, 2.75) is 19.4 Å². The van der Waals surface area contributed by atoms with E-state index in [0.29, 0.717) is 5.56 Å². The van der Waals surface area contributed by atoms with Gasteiger partial charge in [0.2, 0.25) is 0 Å². The molecule has 0 aliphatic carbocycles. The third-order valence-corrected chi connectivity index (χ3v) is 2.22. The Morgan fingerprint density at radius 3 is 2.76 bits per heavy atom. The summed E-state index contributed by atoms with van der Waals surface area (Å²) in [4.78, 5) is 21.5. The van der Waals surface area contributed by atoms with Crippen molar-refractivity contribution < 1.29 is 14.5 Å². The summed E-state index contributed by atoms with van der Waals surface area (Å²) in [6.45, 7) is 1.96. The van der Waals surface area contributed by atoms with Crippen LogP contribution in [0.2, 0.25) is 0 Å². The molecule has 17 heavy (non-hydrogen) atoms. The number of nitro benzene ring substituents is 1. The van der Waals surface area contributed by atoms with E-state index in [1.807, 2.05) is 0 Å². The van der Waals surface area contributed by atoms with Crippen LogP contribution in [0.4, 0.5) is 5.69 Å². The van der Waals surface area contributed by atoms with Gasteiger partial charge in [-0.1, -0.05) is 18.2 Å². The van der Waals surface area contributed by atoms with Gasteiger partial charge in [0, 0.05) is 17.7 Å². The third kappa shape index (κ3) is 3.53. The Morgan fingerprint density at radius 2 is 2.18 bits per heavy atom. The molecule has 0 saturated carbocycles. The van der Waals surface area contributed by atoms with Gasteiger partial charge >= 0.3 is 5.97 Å². The summed E-state index contributed by atoms with van der Waals surface area (Å²) >= 11 is 0. The minimum Gasteiger partial charge on any atom is -0.466 e. The highest BCUT2D eigenvalue weighted by molar-refractivity contribution is 5.70. The lowest BCUT2D eigenvalue weighted by molar-refractivity contribution is -0.385. The molecule has 1 rings (SSSR count). The van der Waals surface area contributed by atoms with Crippen LogP contribution in [-0.4, -0.2) is 17.5 Å². The fraction of sp³-hybridized carbons (Fsp3) is 0.364. The van der Waals surface area contributed by atoms with Gasteiger partial charge in [0.25, 0.3) is 5.69 Å².